The maximum absolute atomic E-state index is 12.4. The number of carbonyl (C=O) groups excluding carboxylic acids is 2. The molecule has 0 fully saturated rings. The van der Waals surface area contributed by atoms with Gasteiger partial charge in [-0.1, -0.05) is 60.7 Å². The van der Waals surface area contributed by atoms with Crippen LogP contribution in [0.1, 0.15) is 23.6 Å². The van der Waals surface area contributed by atoms with Crippen LogP contribution in [0.5, 0.6) is 0 Å². The highest BCUT2D eigenvalue weighted by atomic mass is 16.5. The van der Waals surface area contributed by atoms with Gasteiger partial charge in [0.25, 0.3) is 0 Å². The Kier molecular flexibility index (Phi) is 6.41. The zero-order valence-corrected chi connectivity index (χ0v) is 15.5. The largest absolute Gasteiger partial charge is 0.469 e. The number of anilines is 1. The highest BCUT2D eigenvalue weighted by Gasteiger charge is 2.19. The molecule has 1 heterocycles. The average Bonchev–Trinajstić information content (AvgIpc) is 3.15. The van der Waals surface area contributed by atoms with E-state index in [1.54, 1.807) is 16.9 Å². The Hall–Kier alpha value is -3.61. The minimum Gasteiger partial charge on any atom is -0.469 e. The molecule has 0 aliphatic carbocycles. The van der Waals surface area contributed by atoms with Crippen LogP contribution in [0.25, 0.3) is 0 Å². The van der Waals surface area contributed by atoms with Gasteiger partial charge in [-0.15, -0.1) is 0 Å². The molecule has 0 spiro atoms. The molecule has 1 atom stereocenters. The van der Waals surface area contributed by atoms with Crippen molar-refractivity contribution in [2.75, 3.05) is 12.4 Å². The Balaban J connectivity index is 1.62. The number of urea groups is 1. The number of carbonyl (C=O) groups is 2. The lowest BCUT2D eigenvalue weighted by molar-refractivity contribution is -0.141. The summed E-state index contributed by atoms with van der Waals surface area (Å²) in [6.45, 7) is 0.610. The molecule has 1 aromatic heterocycles. The molecule has 0 aliphatic heterocycles. The third kappa shape index (κ3) is 5.44. The van der Waals surface area contributed by atoms with E-state index in [0.717, 1.165) is 11.1 Å². The van der Waals surface area contributed by atoms with Gasteiger partial charge < -0.3 is 10.1 Å². The highest BCUT2D eigenvalue weighted by Crippen LogP contribution is 2.17. The first-order valence-corrected chi connectivity index (χ1v) is 8.90. The predicted octanol–water partition coefficient (Wildman–Crippen LogP) is 3.36. The second kappa shape index (κ2) is 9.36. The Morgan fingerprint density at radius 3 is 2.39 bits per heavy atom. The van der Waals surface area contributed by atoms with Gasteiger partial charge in [-0.2, -0.15) is 5.10 Å². The van der Waals surface area contributed by atoms with Crippen LogP contribution >= 0.6 is 0 Å². The number of hydrogen-bond acceptors (Lipinski definition) is 4. The molecule has 7 heteroatoms. The molecule has 7 nitrogen and oxygen atoms in total. The molecule has 0 saturated carbocycles. The number of nitrogens with zero attached hydrogens (tertiary/aromatic N) is 2. The van der Waals surface area contributed by atoms with E-state index in [9.17, 15) is 9.59 Å². The Bertz CT molecular complexity index is 910. The van der Waals surface area contributed by atoms with E-state index >= 15 is 0 Å². The zero-order valence-electron chi connectivity index (χ0n) is 15.5. The van der Waals surface area contributed by atoms with Gasteiger partial charge in [0.15, 0.2) is 5.82 Å². The third-order valence-corrected chi connectivity index (χ3v) is 4.18. The summed E-state index contributed by atoms with van der Waals surface area (Å²) < 4.78 is 6.48. The van der Waals surface area contributed by atoms with Gasteiger partial charge in [-0.05, 0) is 11.1 Å². The van der Waals surface area contributed by atoms with Crippen LogP contribution in [0.2, 0.25) is 0 Å². The SMILES string of the molecule is COC(=O)CC(NC(=O)Nc1ccn(Cc2ccccc2)n1)c1ccccc1. The Morgan fingerprint density at radius 2 is 1.71 bits per heavy atom. The molecule has 0 saturated heterocycles. The number of methoxy groups -OCH3 is 1. The molecule has 3 rings (SSSR count). The van der Waals surface area contributed by atoms with Gasteiger partial charge in [0.1, 0.15) is 0 Å². The van der Waals surface area contributed by atoms with Gasteiger partial charge >= 0.3 is 12.0 Å². The van der Waals surface area contributed by atoms with Crippen molar-refractivity contribution < 1.29 is 14.3 Å². The minimum atomic E-state index is -0.500. The molecule has 0 bridgehead atoms. The Morgan fingerprint density at radius 1 is 1.04 bits per heavy atom. The first-order valence-electron chi connectivity index (χ1n) is 8.90. The fraction of sp³-hybridized carbons (Fsp3) is 0.190. The second-order valence-electron chi connectivity index (χ2n) is 6.23. The molecule has 0 radical (unpaired) electrons. The van der Waals surface area contributed by atoms with Crippen molar-refractivity contribution >= 4 is 17.8 Å². The minimum absolute atomic E-state index is 0.0381. The smallest absolute Gasteiger partial charge is 0.320 e. The molecule has 2 amide bonds. The van der Waals surface area contributed by atoms with Crippen molar-refractivity contribution in [3.8, 4) is 0 Å². The average molecular weight is 378 g/mol. The van der Waals surface area contributed by atoms with Crippen LogP contribution in [-0.2, 0) is 16.1 Å². The van der Waals surface area contributed by atoms with E-state index < -0.39 is 18.0 Å². The summed E-state index contributed by atoms with van der Waals surface area (Å²) in [5.74, 6) is 0.0274. The zero-order chi connectivity index (χ0) is 19.8. The van der Waals surface area contributed by atoms with Crippen molar-refractivity contribution in [1.82, 2.24) is 15.1 Å². The maximum atomic E-state index is 12.4. The number of rotatable bonds is 7. The molecule has 28 heavy (non-hydrogen) atoms. The fourth-order valence-electron chi connectivity index (χ4n) is 2.79. The van der Waals surface area contributed by atoms with Gasteiger partial charge in [0, 0.05) is 12.3 Å². The summed E-state index contributed by atoms with van der Waals surface area (Å²) in [5, 5.41) is 9.87. The van der Waals surface area contributed by atoms with E-state index in [-0.39, 0.29) is 6.42 Å². The van der Waals surface area contributed by atoms with Crippen LogP contribution in [0.15, 0.2) is 72.9 Å². The van der Waals surface area contributed by atoms with Gasteiger partial charge in [-0.3, -0.25) is 14.8 Å². The van der Waals surface area contributed by atoms with Gasteiger partial charge in [-0.25, -0.2) is 4.79 Å². The number of aromatic nitrogens is 2. The van der Waals surface area contributed by atoms with Crippen LogP contribution in [-0.4, -0.2) is 28.9 Å². The molecule has 1 unspecified atom stereocenters. The van der Waals surface area contributed by atoms with Gasteiger partial charge in [0.2, 0.25) is 0 Å². The predicted molar refractivity (Wildman–Crippen MR) is 106 cm³/mol. The maximum Gasteiger partial charge on any atom is 0.320 e. The second-order valence-corrected chi connectivity index (χ2v) is 6.23. The van der Waals surface area contributed by atoms with Crippen molar-refractivity contribution in [3.05, 3.63) is 84.1 Å². The molecular formula is C21H22N4O3. The summed E-state index contributed by atoms with van der Waals surface area (Å²) in [7, 11) is 1.32. The highest BCUT2D eigenvalue weighted by molar-refractivity contribution is 5.88. The summed E-state index contributed by atoms with van der Waals surface area (Å²) in [4.78, 5) is 24.1. The number of benzene rings is 2. The number of esters is 1. The van der Waals surface area contributed by atoms with Crippen LogP contribution in [0.3, 0.4) is 0 Å². The number of ether oxygens (including phenoxy) is 1. The lowest BCUT2D eigenvalue weighted by Crippen LogP contribution is -2.34. The van der Waals surface area contributed by atoms with E-state index in [1.165, 1.54) is 7.11 Å². The van der Waals surface area contributed by atoms with Crippen molar-refractivity contribution in [3.63, 3.8) is 0 Å². The molecular weight excluding hydrogens is 356 g/mol. The molecule has 0 aliphatic rings. The van der Waals surface area contributed by atoms with E-state index in [1.807, 2.05) is 60.7 Å². The van der Waals surface area contributed by atoms with Crippen LogP contribution < -0.4 is 10.6 Å². The van der Waals surface area contributed by atoms with Crippen molar-refractivity contribution in [2.24, 2.45) is 0 Å². The van der Waals surface area contributed by atoms with Crippen LogP contribution in [0, 0.1) is 0 Å². The molecule has 2 N–H and O–H groups in total. The normalized spacial score (nSPS) is 11.5. The van der Waals surface area contributed by atoms with Crippen LogP contribution in [0.4, 0.5) is 10.6 Å². The third-order valence-electron chi connectivity index (χ3n) is 4.18. The van der Waals surface area contributed by atoms with Crippen molar-refractivity contribution in [2.45, 2.75) is 19.0 Å². The monoisotopic (exact) mass is 378 g/mol. The fourth-order valence-corrected chi connectivity index (χ4v) is 2.79. The summed E-state index contributed by atoms with van der Waals surface area (Å²) in [6.07, 6.45) is 1.84. The molecule has 144 valence electrons. The standard InChI is InChI=1S/C21H22N4O3/c1-28-20(26)14-18(17-10-6-3-7-11-17)22-21(27)23-19-12-13-25(24-19)15-16-8-4-2-5-9-16/h2-13,18H,14-15H2,1H3,(H2,22,23,24,27). The number of hydrogen-bond donors (Lipinski definition) is 2. The van der Waals surface area contributed by atoms with Crippen molar-refractivity contribution in [1.29, 1.82) is 0 Å². The van der Waals surface area contributed by atoms with E-state index in [0.29, 0.717) is 12.4 Å². The quantitative estimate of drug-likeness (QED) is 0.618. The number of amides is 2. The first kappa shape index (κ1) is 19.2. The number of nitrogens with one attached hydrogen (secondary N) is 2. The molecule has 2 aromatic carbocycles. The Labute approximate surface area is 163 Å². The van der Waals surface area contributed by atoms with E-state index in [2.05, 4.69) is 15.7 Å². The summed E-state index contributed by atoms with van der Waals surface area (Å²) >= 11 is 0. The summed E-state index contributed by atoms with van der Waals surface area (Å²) in [5.41, 5.74) is 1.93. The van der Waals surface area contributed by atoms with Gasteiger partial charge in [0.05, 0.1) is 26.1 Å². The first-order chi connectivity index (χ1) is 13.6. The topological polar surface area (TPSA) is 85.2 Å². The van der Waals surface area contributed by atoms with E-state index in [4.69, 9.17) is 4.74 Å². The lowest BCUT2D eigenvalue weighted by atomic mass is 10.0. The molecule has 3 aromatic rings. The summed E-state index contributed by atoms with van der Waals surface area (Å²) in [6, 6.07) is 20.0. The lowest BCUT2D eigenvalue weighted by Gasteiger charge is -2.18.